The van der Waals surface area contributed by atoms with Gasteiger partial charge in [-0.1, -0.05) is 44.2 Å². The van der Waals surface area contributed by atoms with Gasteiger partial charge in [0, 0.05) is 12.6 Å². The van der Waals surface area contributed by atoms with E-state index in [0.29, 0.717) is 19.3 Å². The molecule has 3 rings (SSSR count). The van der Waals surface area contributed by atoms with Crippen molar-refractivity contribution in [3.05, 3.63) is 35.9 Å². The molecule has 7 heteroatoms. The quantitative estimate of drug-likeness (QED) is 0.610. The van der Waals surface area contributed by atoms with Crippen LogP contribution < -0.4 is 16.0 Å². The highest BCUT2D eigenvalue weighted by Gasteiger charge is 2.40. The summed E-state index contributed by atoms with van der Waals surface area (Å²) in [7, 11) is 0. The third-order valence-electron chi connectivity index (χ3n) is 5.68. The van der Waals surface area contributed by atoms with Gasteiger partial charge in [0.1, 0.15) is 17.7 Å². The second-order valence-corrected chi connectivity index (χ2v) is 8.73. The van der Waals surface area contributed by atoms with Crippen LogP contribution in [0.3, 0.4) is 0 Å². The summed E-state index contributed by atoms with van der Waals surface area (Å²) in [5, 5.41) is 8.56. The van der Waals surface area contributed by atoms with E-state index < -0.39 is 17.7 Å². The van der Waals surface area contributed by atoms with Gasteiger partial charge in [0.2, 0.25) is 17.7 Å². The summed E-state index contributed by atoms with van der Waals surface area (Å²) in [6.45, 7) is 3.99. The molecular weight excluding hydrogens is 380 g/mol. The minimum atomic E-state index is -0.806. The number of amides is 3. The Morgan fingerprint density at radius 2 is 1.90 bits per heavy atom. The molecule has 0 saturated heterocycles. The van der Waals surface area contributed by atoms with Gasteiger partial charge in [-0.05, 0) is 50.0 Å². The van der Waals surface area contributed by atoms with Gasteiger partial charge in [0.15, 0.2) is 0 Å². The van der Waals surface area contributed by atoms with Crippen molar-refractivity contribution in [2.24, 2.45) is 10.9 Å². The van der Waals surface area contributed by atoms with Gasteiger partial charge in [-0.2, -0.15) is 0 Å². The van der Waals surface area contributed by atoms with E-state index in [1.54, 1.807) is 6.21 Å². The van der Waals surface area contributed by atoms with Gasteiger partial charge >= 0.3 is 0 Å². The highest BCUT2D eigenvalue weighted by atomic mass is 16.2. The molecule has 1 aliphatic carbocycles. The van der Waals surface area contributed by atoms with Crippen LogP contribution in [0.15, 0.2) is 35.3 Å². The second kappa shape index (κ2) is 9.87. The number of aryl methyl sites for hydroxylation is 1. The molecule has 1 unspecified atom stereocenters. The maximum atomic E-state index is 12.8. The average Bonchev–Trinajstić information content (AvgIpc) is 3.16. The summed E-state index contributed by atoms with van der Waals surface area (Å²) in [5.74, 6) is -0.554. The SMILES string of the molecule is CC(C)C[C@H](NC(=O)CCc1ccccc1)C(=O)NC1C=NC2(CCCC2)NC1=O. The lowest BCUT2D eigenvalue weighted by Gasteiger charge is -2.32. The summed E-state index contributed by atoms with van der Waals surface area (Å²) >= 11 is 0. The van der Waals surface area contributed by atoms with Gasteiger partial charge in [0.25, 0.3) is 0 Å². The first-order chi connectivity index (χ1) is 14.4. The van der Waals surface area contributed by atoms with E-state index in [-0.39, 0.29) is 23.6 Å². The normalized spacial score (nSPS) is 20.8. The fraction of sp³-hybridized carbons (Fsp3) is 0.565. The molecule has 0 aromatic heterocycles. The van der Waals surface area contributed by atoms with Crippen molar-refractivity contribution < 1.29 is 14.4 Å². The van der Waals surface area contributed by atoms with Crippen LogP contribution in [0.25, 0.3) is 0 Å². The van der Waals surface area contributed by atoms with E-state index in [2.05, 4.69) is 20.9 Å². The highest BCUT2D eigenvalue weighted by Crippen LogP contribution is 2.32. The summed E-state index contributed by atoms with van der Waals surface area (Å²) in [5.41, 5.74) is 0.592. The van der Waals surface area contributed by atoms with E-state index in [9.17, 15) is 14.4 Å². The van der Waals surface area contributed by atoms with Crippen molar-refractivity contribution in [2.45, 2.75) is 76.5 Å². The molecule has 30 heavy (non-hydrogen) atoms. The predicted molar refractivity (Wildman–Crippen MR) is 116 cm³/mol. The van der Waals surface area contributed by atoms with Crippen molar-refractivity contribution in [1.82, 2.24) is 16.0 Å². The first-order valence-corrected chi connectivity index (χ1v) is 10.9. The van der Waals surface area contributed by atoms with E-state index in [1.807, 2.05) is 44.2 Å². The van der Waals surface area contributed by atoms with Crippen molar-refractivity contribution in [3.8, 4) is 0 Å². The van der Waals surface area contributed by atoms with Gasteiger partial charge in [-0.25, -0.2) is 0 Å². The van der Waals surface area contributed by atoms with Gasteiger partial charge < -0.3 is 16.0 Å². The lowest BCUT2D eigenvalue weighted by molar-refractivity contribution is -0.132. The molecule has 1 aliphatic heterocycles. The number of benzene rings is 1. The Morgan fingerprint density at radius 1 is 1.20 bits per heavy atom. The number of nitrogens with zero attached hydrogens (tertiary/aromatic N) is 1. The first-order valence-electron chi connectivity index (χ1n) is 10.9. The topological polar surface area (TPSA) is 99.7 Å². The first kappa shape index (κ1) is 22.0. The lowest BCUT2D eigenvalue weighted by Crippen LogP contribution is -2.60. The maximum Gasteiger partial charge on any atom is 0.250 e. The summed E-state index contributed by atoms with van der Waals surface area (Å²) in [6, 6.07) is 8.28. The molecule has 3 amide bonds. The van der Waals surface area contributed by atoms with Crippen molar-refractivity contribution >= 4 is 23.9 Å². The zero-order valence-corrected chi connectivity index (χ0v) is 17.8. The Balaban J connectivity index is 1.57. The number of nitrogens with one attached hydrogen (secondary N) is 3. The second-order valence-electron chi connectivity index (χ2n) is 8.73. The van der Waals surface area contributed by atoms with Crippen LogP contribution in [0, 0.1) is 5.92 Å². The Labute approximate surface area is 178 Å². The van der Waals surface area contributed by atoms with Crippen LogP contribution in [-0.2, 0) is 20.8 Å². The number of carbonyl (C=O) groups is 3. The Hall–Kier alpha value is -2.70. The monoisotopic (exact) mass is 412 g/mol. The van der Waals surface area contributed by atoms with E-state index in [1.165, 1.54) is 0 Å². The molecule has 1 aromatic carbocycles. The number of aliphatic imine (C=N–C) groups is 1. The van der Waals surface area contributed by atoms with Crippen LogP contribution in [0.2, 0.25) is 0 Å². The third-order valence-corrected chi connectivity index (χ3v) is 5.68. The van der Waals surface area contributed by atoms with Crippen LogP contribution in [0.1, 0.15) is 57.9 Å². The van der Waals surface area contributed by atoms with Gasteiger partial charge in [0.05, 0.1) is 0 Å². The standard InChI is InChI=1S/C23H32N4O3/c1-16(2)14-18(25-20(28)11-10-17-8-4-3-5-9-17)21(29)26-19-15-24-23(27-22(19)30)12-6-7-13-23/h3-5,8-9,15-16,18-19H,6-7,10-14H2,1-2H3,(H,25,28)(H,26,29)(H,27,30)/t18-,19?/m0/s1. The number of rotatable bonds is 8. The molecule has 2 aliphatic rings. The Morgan fingerprint density at radius 3 is 2.53 bits per heavy atom. The van der Waals surface area contributed by atoms with Crippen LogP contribution in [-0.4, -0.2) is 41.7 Å². The van der Waals surface area contributed by atoms with Crippen LogP contribution in [0.5, 0.6) is 0 Å². The van der Waals surface area contributed by atoms with E-state index >= 15 is 0 Å². The predicted octanol–water partition coefficient (Wildman–Crippen LogP) is 2.11. The molecule has 1 fully saturated rings. The lowest BCUT2D eigenvalue weighted by atomic mass is 10.0. The van der Waals surface area contributed by atoms with Gasteiger partial charge in [-0.3, -0.25) is 19.4 Å². The number of hydrogen-bond acceptors (Lipinski definition) is 4. The molecule has 7 nitrogen and oxygen atoms in total. The summed E-state index contributed by atoms with van der Waals surface area (Å²) in [4.78, 5) is 42.3. The molecule has 2 atom stereocenters. The smallest absolute Gasteiger partial charge is 0.250 e. The zero-order valence-electron chi connectivity index (χ0n) is 17.8. The Kier molecular flexibility index (Phi) is 7.24. The Bertz CT molecular complexity index is 785. The minimum absolute atomic E-state index is 0.175. The summed E-state index contributed by atoms with van der Waals surface area (Å²) in [6.07, 6.45) is 6.72. The molecule has 1 saturated carbocycles. The van der Waals surface area contributed by atoms with Gasteiger partial charge in [-0.15, -0.1) is 0 Å². The fourth-order valence-electron chi connectivity index (χ4n) is 4.07. The van der Waals surface area contributed by atoms with Crippen molar-refractivity contribution in [1.29, 1.82) is 0 Å². The average molecular weight is 413 g/mol. The van der Waals surface area contributed by atoms with E-state index in [4.69, 9.17) is 0 Å². The third kappa shape index (κ3) is 5.90. The molecule has 1 heterocycles. The zero-order chi connectivity index (χ0) is 21.6. The number of hydrogen-bond donors (Lipinski definition) is 3. The summed E-state index contributed by atoms with van der Waals surface area (Å²) < 4.78 is 0. The molecule has 0 bridgehead atoms. The highest BCUT2D eigenvalue weighted by molar-refractivity contribution is 6.03. The molecule has 3 N–H and O–H groups in total. The van der Waals surface area contributed by atoms with Crippen LogP contribution in [0.4, 0.5) is 0 Å². The van der Waals surface area contributed by atoms with E-state index in [0.717, 1.165) is 31.2 Å². The minimum Gasteiger partial charge on any atom is -0.344 e. The molecule has 162 valence electrons. The molecular formula is C23H32N4O3. The number of carbonyl (C=O) groups excluding carboxylic acids is 3. The maximum absolute atomic E-state index is 12.8. The largest absolute Gasteiger partial charge is 0.344 e. The van der Waals surface area contributed by atoms with Crippen LogP contribution >= 0.6 is 0 Å². The molecule has 1 spiro atoms. The fourth-order valence-corrected chi connectivity index (χ4v) is 4.07. The molecule has 1 aromatic rings. The molecule has 0 radical (unpaired) electrons. The van der Waals surface area contributed by atoms with Crippen molar-refractivity contribution in [3.63, 3.8) is 0 Å². The van der Waals surface area contributed by atoms with Crippen molar-refractivity contribution in [2.75, 3.05) is 0 Å².